The second kappa shape index (κ2) is 14.2. The number of aromatic nitrogens is 1. The zero-order chi connectivity index (χ0) is 32.0. The van der Waals surface area contributed by atoms with Crippen LogP contribution < -0.4 is 33.2 Å². The number of rotatable bonds is 14. The Labute approximate surface area is 260 Å². The van der Waals surface area contributed by atoms with Crippen molar-refractivity contribution < 1.29 is 42.7 Å². The van der Waals surface area contributed by atoms with Crippen molar-refractivity contribution in [3.63, 3.8) is 0 Å². The molecule has 4 rings (SSSR count). The van der Waals surface area contributed by atoms with Crippen LogP contribution in [-0.4, -0.2) is 66.3 Å². The van der Waals surface area contributed by atoms with Crippen LogP contribution in [0.1, 0.15) is 45.0 Å². The molecule has 0 radical (unpaired) electrons. The van der Waals surface area contributed by atoms with Crippen LogP contribution >= 0.6 is 11.6 Å². The number of carbonyl (C=O) groups excluding carboxylic acids is 2. The van der Waals surface area contributed by atoms with Gasteiger partial charge < -0.3 is 33.2 Å². The standard InChI is InChI=1S/C33H34ClNO9/c1-38-22-8-9-24-19(10-22)11-23(33(34)35-24)18(12-25(36)20-14-27(39-2)31(43-6)28(15-20)40-3)13-26(37)21-16-29(41-4)32(44-7)30(17-21)42-5/h8-11,14-18H,12-13H2,1-7H3. The lowest BCUT2D eigenvalue weighted by Crippen LogP contribution is -2.14. The van der Waals surface area contributed by atoms with Gasteiger partial charge in [0.15, 0.2) is 34.6 Å². The highest BCUT2D eigenvalue weighted by atomic mass is 35.5. The summed E-state index contributed by atoms with van der Waals surface area (Å²) in [6.45, 7) is 0. The zero-order valence-corrected chi connectivity index (χ0v) is 26.4. The van der Waals surface area contributed by atoms with E-state index in [0.29, 0.717) is 62.5 Å². The molecule has 0 aliphatic rings. The molecule has 0 atom stereocenters. The maximum atomic E-state index is 13.8. The number of fused-ring (bicyclic) bond motifs is 1. The van der Waals surface area contributed by atoms with Crippen molar-refractivity contribution in [3.05, 3.63) is 70.4 Å². The molecule has 0 unspecified atom stereocenters. The maximum Gasteiger partial charge on any atom is 0.203 e. The molecule has 0 N–H and O–H groups in total. The SMILES string of the molecule is COc1ccc2nc(Cl)c(C(CC(=O)c3cc(OC)c(OC)c(OC)c3)CC(=O)c3cc(OC)c(OC)c(OC)c3)cc2c1. The first kappa shape index (κ1) is 32.2. The molecule has 10 nitrogen and oxygen atoms in total. The van der Waals surface area contributed by atoms with Crippen molar-refractivity contribution in [2.45, 2.75) is 18.8 Å². The number of carbonyl (C=O) groups is 2. The number of ketones is 2. The van der Waals surface area contributed by atoms with Gasteiger partial charge in [0.05, 0.1) is 55.3 Å². The zero-order valence-electron chi connectivity index (χ0n) is 25.6. The third kappa shape index (κ3) is 6.60. The Balaban J connectivity index is 1.80. The van der Waals surface area contributed by atoms with Gasteiger partial charge in [-0.05, 0) is 54.1 Å². The van der Waals surface area contributed by atoms with Crippen molar-refractivity contribution >= 4 is 34.1 Å². The molecule has 0 aliphatic carbocycles. The molecule has 0 fully saturated rings. The van der Waals surface area contributed by atoms with E-state index >= 15 is 0 Å². The summed E-state index contributed by atoms with van der Waals surface area (Å²) in [6.07, 6.45) is -0.155. The van der Waals surface area contributed by atoms with E-state index in [1.54, 1.807) is 43.5 Å². The van der Waals surface area contributed by atoms with Crippen molar-refractivity contribution in [2.75, 3.05) is 49.8 Å². The summed E-state index contributed by atoms with van der Waals surface area (Å²) >= 11 is 6.72. The largest absolute Gasteiger partial charge is 0.497 e. The molecule has 11 heteroatoms. The molecule has 4 aromatic rings. The van der Waals surface area contributed by atoms with Crippen molar-refractivity contribution in [2.24, 2.45) is 0 Å². The first-order valence-electron chi connectivity index (χ1n) is 13.5. The Bertz CT molecular complexity index is 1560. The summed E-state index contributed by atoms with van der Waals surface area (Å²) in [6, 6.07) is 13.5. The molecule has 44 heavy (non-hydrogen) atoms. The molecule has 3 aromatic carbocycles. The van der Waals surface area contributed by atoms with Gasteiger partial charge in [0, 0.05) is 35.3 Å². The average molecular weight is 624 g/mol. The smallest absolute Gasteiger partial charge is 0.203 e. The Morgan fingerprint density at radius 3 is 1.48 bits per heavy atom. The van der Waals surface area contributed by atoms with Crippen LogP contribution in [0.2, 0.25) is 5.15 Å². The lowest BCUT2D eigenvalue weighted by Gasteiger charge is -2.20. The van der Waals surface area contributed by atoms with Crippen LogP contribution in [0.4, 0.5) is 0 Å². The van der Waals surface area contributed by atoms with Gasteiger partial charge in [-0.1, -0.05) is 11.6 Å². The number of hydrogen-bond acceptors (Lipinski definition) is 10. The van der Waals surface area contributed by atoms with Gasteiger partial charge in [-0.15, -0.1) is 0 Å². The molecular formula is C33H34ClNO9. The van der Waals surface area contributed by atoms with Crippen LogP contribution in [0, 0.1) is 0 Å². The maximum absolute atomic E-state index is 13.8. The van der Waals surface area contributed by atoms with Crippen LogP contribution in [0.3, 0.4) is 0 Å². The number of pyridine rings is 1. The number of Topliss-reactive ketones (excluding diaryl/α,β-unsaturated/α-hetero) is 2. The number of methoxy groups -OCH3 is 7. The van der Waals surface area contributed by atoms with Crippen molar-refractivity contribution in [1.29, 1.82) is 0 Å². The first-order valence-corrected chi connectivity index (χ1v) is 13.9. The van der Waals surface area contributed by atoms with Gasteiger partial charge in [-0.2, -0.15) is 0 Å². The van der Waals surface area contributed by atoms with E-state index < -0.39 is 5.92 Å². The van der Waals surface area contributed by atoms with Crippen LogP contribution in [0.25, 0.3) is 10.9 Å². The van der Waals surface area contributed by atoms with Gasteiger partial charge in [-0.25, -0.2) is 4.98 Å². The summed E-state index contributed by atoms with van der Waals surface area (Å²) in [5, 5.41) is 0.928. The van der Waals surface area contributed by atoms with E-state index in [2.05, 4.69) is 4.98 Å². The van der Waals surface area contributed by atoms with Gasteiger partial charge in [0.1, 0.15) is 10.9 Å². The second-order valence-corrected chi connectivity index (χ2v) is 10.1. The van der Waals surface area contributed by atoms with Gasteiger partial charge >= 0.3 is 0 Å². The quantitative estimate of drug-likeness (QED) is 0.113. The Morgan fingerprint density at radius 1 is 0.636 bits per heavy atom. The first-order chi connectivity index (χ1) is 21.2. The predicted molar refractivity (Wildman–Crippen MR) is 166 cm³/mol. The summed E-state index contributed by atoms with van der Waals surface area (Å²) in [5.41, 5.74) is 1.81. The second-order valence-electron chi connectivity index (χ2n) is 9.71. The van der Waals surface area contributed by atoms with E-state index in [1.807, 2.05) is 12.1 Å². The van der Waals surface area contributed by atoms with Crippen molar-refractivity contribution in [3.8, 4) is 40.2 Å². The number of nitrogens with zero attached hydrogens (tertiary/aromatic N) is 1. The minimum absolute atomic E-state index is 0.0777. The fourth-order valence-electron chi connectivity index (χ4n) is 5.02. The molecule has 0 bridgehead atoms. The van der Waals surface area contributed by atoms with Gasteiger partial charge in [0.25, 0.3) is 0 Å². The normalized spacial score (nSPS) is 10.8. The number of halogens is 1. The van der Waals surface area contributed by atoms with Crippen LogP contribution in [0.5, 0.6) is 40.2 Å². The van der Waals surface area contributed by atoms with Gasteiger partial charge in [0.2, 0.25) is 11.5 Å². The molecule has 1 aromatic heterocycles. The highest BCUT2D eigenvalue weighted by Crippen LogP contribution is 2.42. The van der Waals surface area contributed by atoms with Gasteiger partial charge in [-0.3, -0.25) is 9.59 Å². The summed E-state index contributed by atoms with van der Waals surface area (Å²) < 4.78 is 38.0. The predicted octanol–water partition coefficient (Wildman–Crippen LogP) is 6.58. The fraction of sp³-hybridized carbons (Fsp3) is 0.303. The molecule has 0 saturated heterocycles. The molecule has 232 valence electrons. The Hall–Kier alpha value is -4.70. The molecule has 0 aliphatic heterocycles. The summed E-state index contributed by atoms with van der Waals surface area (Å²) in [7, 11) is 10.4. The minimum atomic E-state index is -0.663. The summed E-state index contributed by atoms with van der Waals surface area (Å²) in [5.74, 6) is 1.47. The topological polar surface area (TPSA) is 112 Å². The van der Waals surface area contributed by atoms with E-state index in [4.69, 9.17) is 44.8 Å². The minimum Gasteiger partial charge on any atom is -0.497 e. The number of benzene rings is 3. The molecule has 0 amide bonds. The third-order valence-electron chi connectivity index (χ3n) is 7.28. The lowest BCUT2D eigenvalue weighted by atomic mass is 9.86. The fourth-order valence-corrected chi connectivity index (χ4v) is 5.32. The van der Waals surface area contributed by atoms with E-state index in [9.17, 15) is 9.59 Å². The van der Waals surface area contributed by atoms with E-state index in [1.165, 1.54) is 42.7 Å². The molecule has 0 saturated carbocycles. The average Bonchev–Trinajstić information content (AvgIpc) is 3.05. The monoisotopic (exact) mass is 623 g/mol. The number of hydrogen-bond donors (Lipinski definition) is 0. The molecule has 1 heterocycles. The third-order valence-corrected chi connectivity index (χ3v) is 7.58. The van der Waals surface area contributed by atoms with E-state index in [-0.39, 0.29) is 29.6 Å². The highest BCUT2D eigenvalue weighted by molar-refractivity contribution is 6.30. The molecule has 0 spiro atoms. The van der Waals surface area contributed by atoms with Crippen LogP contribution in [-0.2, 0) is 0 Å². The Morgan fingerprint density at radius 2 is 1.09 bits per heavy atom. The van der Waals surface area contributed by atoms with Crippen molar-refractivity contribution in [1.82, 2.24) is 4.98 Å². The number of ether oxygens (including phenoxy) is 7. The highest BCUT2D eigenvalue weighted by Gasteiger charge is 2.27. The molecular weight excluding hydrogens is 590 g/mol. The Kier molecular flexibility index (Phi) is 10.4. The van der Waals surface area contributed by atoms with E-state index in [0.717, 1.165) is 5.39 Å². The van der Waals surface area contributed by atoms with Crippen LogP contribution in [0.15, 0.2) is 48.5 Å². The lowest BCUT2D eigenvalue weighted by molar-refractivity contribution is 0.0943. The summed E-state index contributed by atoms with van der Waals surface area (Å²) in [4.78, 5) is 32.2.